The topological polar surface area (TPSA) is 136 Å². The smallest absolute Gasteiger partial charge is 0.262 e. The first-order valence-corrected chi connectivity index (χ1v) is 15.2. The van der Waals surface area contributed by atoms with Gasteiger partial charge in [-0.2, -0.15) is 4.99 Å². The molecule has 0 fully saturated rings. The zero-order valence-corrected chi connectivity index (χ0v) is 24.3. The van der Waals surface area contributed by atoms with E-state index in [0.29, 0.717) is 28.7 Å². The van der Waals surface area contributed by atoms with E-state index in [-0.39, 0.29) is 34.2 Å². The molecule has 0 spiro atoms. The lowest BCUT2D eigenvalue weighted by Crippen LogP contribution is -2.26. The van der Waals surface area contributed by atoms with Gasteiger partial charge in [0.05, 0.1) is 29.9 Å². The summed E-state index contributed by atoms with van der Waals surface area (Å²) in [5.41, 5.74) is 2.30. The Bertz CT molecular complexity index is 1480. The van der Waals surface area contributed by atoms with Gasteiger partial charge in [0.15, 0.2) is 16.7 Å². The first kappa shape index (κ1) is 28.9. The highest BCUT2D eigenvalue weighted by molar-refractivity contribution is 8.18. The highest BCUT2D eigenvalue weighted by atomic mass is 32.2. The van der Waals surface area contributed by atoms with Gasteiger partial charge >= 0.3 is 0 Å². The average Bonchev–Trinajstić information content (AvgIpc) is 3.20. The summed E-state index contributed by atoms with van der Waals surface area (Å²) in [6.07, 6.45) is 0.461. The number of allylic oxidation sites excluding steroid dienone is 1. The molecule has 0 aliphatic carbocycles. The van der Waals surface area contributed by atoms with Crippen LogP contribution in [0.5, 0.6) is 11.5 Å². The minimum Gasteiger partial charge on any atom is -0.493 e. The number of sulfonamides is 1. The number of anilines is 1. The molecule has 10 nitrogen and oxygen atoms in total. The van der Waals surface area contributed by atoms with Gasteiger partial charge in [0, 0.05) is 12.2 Å². The molecule has 2 heterocycles. The normalized spacial score (nSPS) is 16.9. The Morgan fingerprint density at radius 2 is 1.77 bits per heavy atom. The van der Waals surface area contributed by atoms with Crippen molar-refractivity contribution in [1.29, 1.82) is 0 Å². The molecule has 0 saturated carbocycles. The molecule has 2 N–H and O–H groups in total. The lowest BCUT2D eigenvalue weighted by molar-refractivity contribution is -0.118. The van der Waals surface area contributed by atoms with Crippen LogP contribution in [-0.2, 0) is 26.0 Å². The van der Waals surface area contributed by atoms with E-state index in [1.165, 1.54) is 36.0 Å². The molecule has 1 unspecified atom stereocenters. The highest BCUT2D eigenvalue weighted by Crippen LogP contribution is 2.40. The molecule has 2 amide bonds. The Labute approximate surface area is 235 Å². The summed E-state index contributed by atoms with van der Waals surface area (Å²) in [4.78, 5) is 34.4. The monoisotopic (exact) mass is 588 g/mol. The maximum absolute atomic E-state index is 12.7. The number of thioether (sulfide) groups is 2. The predicted molar refractivity (Wildman–Crippen MR) is 155 cm³/mol. The summed E-state index contributed by atoms with van der Waals surface area (Å²) in [5.74, 6) is 0.184. The second-order valence-corrected chi connectivity index (χ2v) is 12.6. The van der Waals surface area contributed by atoms with Crippen LogP contribution in [0.1, 0.15) is 19.4 Å². The quantitative estimate of drug-likeness (QED) is 0.427. The Morgan fingerprint density at radius 1 is 1.05 bits per heavy atom. The van der Waals surface area contributed by atoms with Crippen molar-refractivity contribution >= 4 is 61.3 Å². The van der Waals surface area contributed by atoms with Gasteiger partial charge in [-0.25, -0.2) is 18.1 Å². The maximum atomic E-state index is 12.7. The molecule has 2 aliphatic rings. The summed E-state index contributed by atoms with van der Waals surface area (Å²) in [6, 6.07) is 11.3. The Balaban J connectivity index is 1.27. The number of carbonyl (C=O) groups is 2. The molecule has 0 radical (unpaired) electrons. The lowest BCUT2D eigenvalue weighted by Gasteiger charge is -2.14. The molecule has 39 heavy (non-hydrogen) atoms. The van der Waals surface area contributed by atoms with E-state index in [9.17, 15) is 18.0 Å². The number of carbonyl (C=O) groups excluding carboxylic acids is 2. The molecule has 13 heteroatoms. The van der Waals surface area contributed by atoms with Crippen molar-refractivity contribution < 1.29 is 27.5 Å². The number of nitrogens with zero attached hydrogens (tertiary/aromatic N) is 2. The lowest BCUT2D eigenvalue weighted by atomic mass is 10.0. The van der Waals surface area contributed by atoms with Gasteiger partial charge < -0.3 is 14.8 Å². The Morgan fingerprint density at radius 3 is 2.46 bits per heavy atom. The molecule has 0 aromatic heterocycles. The zero-order valence-electron chi connectivity index (χ0n) is 21.8. The molecule has 1 atom stereocenters. The number of amides is 2. The highest BCUT2D eigenvalue weighted by Gasteiger charge is 2.36. The average molecular weight is 589 g/mol. The number of benzene rings is 2. The fraction of sp³-hybridized carbons (Fsp3) is 0.308. The maximum Gasteiger partial charge on any atom is 0.262 e. The van der Waals surface area contributed by atoms with Crippen LogP contribution in [0.25, 0.3) is 0 Å². The van der Waals surface area contributed by atoms with Crippen molar-refractivity contribution in [1.82, 2.24) is 4.72 Å². The predicted octanol–water partition coefficient (Wildman–Crippen LogP) is 3.85. The van der Waals surface area contributed by atoms with Crippen molar-refractivity contribution in [2.24, 2.45) is 15.9 Å². The SMILES string of the molecule is COc1ccc(CCNS(=O)(=O)c2ccc(NC(=O)CSC3=NC(=O)C4C(=N3)SC(C)=C4C)cc2)cc1OC. The number of rotatable bonds is 10. The molecule has 4 rings (SSSR count). The van der Waals surface area contributed by atoms with Gasteiger partial charge in [-0.1, -0.05) is 29.6 Å². The fourth-order valence-corrected chi connectivity index (χ4v) is 6.76. The Hall–Kier alpha value is -3.13. The first-order valence-electron chi connectivity index (χ1n) is 11.9. The van der Waals surface area contributed by atoms with Gasteiger partial charge in [0.25, 0.3) is 5.91 Å². The van der Waals surface area contributed by atoms with Gasteiger partial charge in [-0.15, -0.1) is 0 Å². The van der Waals surface area contributed by atoms with Crippen LogP contribution in [0.4, 0.5) is 5.69 Å². The minimum absolute atomic E-state index is 0.00136. The van der Waals surface area contributed by atoms with Crippen LogP contribution in [0.3, 0.4) is 0 Å². The zero-order chi connectivity index (χ0) is 28.2. The number of amidine groups is 1. The van der Waals surface area contributed by atoms with Crippen molar-refractivity contribution in [2.75, 3.05) is 31.8 Å². The summed E-state index contributed by atoms with van der Waals surface area (Å²) < 4.78 is 38.5. The fourth-order valence-electron chi connectivity index (χ4n) is 3.90. The summed E-state index contributed by atoms with van der Waals surface area (Å²) in [6.45, 7) is 4.04. The summed E-state index contributed by atoms with van der Waals surface area (Å²) >= 11 is 2.54. The summed E-state index contributed by atoms with van der Waals surface area (Å²) in [7, 11) is -0.647. The van der Waals surface area contributed by atoms with Crippen LogP contribution in [-0.4, -0.2) is 57.0 Å². The molecule has 0 saturated heterocycles. The molecule has 206 valence electrons. The van der Waals surface area contributed by atoms with Crippen LogP contribution in [0.2, 0.25) is 0 Å². The third kappa shape index (κ3) is 6.90. The number of methoxy groups -OCH3 is 2. The van der Waals surface area contributed by atoms with Crippen molar-refractivity contribution in [3.63, 3.8) is 0 Å². The van der Waals surface area contributed by atoms with Crippen LogP contribution in [0.15, 0.2) is 67.8 Å². The largest absolute Gasteiger partial charge is 0.493 e. The number of fused-ring (bicyclic) bond motifs is 1. The van der Waals surface area contributed by atoms with Crippen LogP contribution in [0, 0.1) is 5.92 Å². The molecule has 0 bridgehead atoms. The van der Waals surface area contributed by atoms with Crippen LogP contribution >= 0.6 is 23.5 Å². The third-order valence-corrected chi connectivity index (χ3v) is 9.57. The van der Waals surface area contributed by atoms with E-state index in [1.807, 2.05) is 19.9 Å². The van der Waals surface area contributed by atoms with E-state index < -0.39 is 15.9 Å². The standard InChI is InChI=1S/C26H28N4O6S3/c1-15-16(2)38-25-23(15)24(32)29-26(30-25)37-14-22(31)28-18-6-8-19(9-7-18)39(33,34)27-12-11-17-5-10-20(35-3)21(13-17)36-4/h5-10,13,23,27H,11-12,14H2,1-4H3,(H,28,31). The number of hydrogen-bond acceptors (Lipinski definition) is 9. The number of nitrogens with one attached hydrogen (secondary N) is 2. The molecule has 2 aromatic carbocycles. The third-order valence-electron chi connectivity index (χ3n) is 6.09. The van der Waals surface area contributed by atoms with Crippen LogP contribution < -0.4 is 19.5 Å². The number of hydrogen-bond donors (Lipinski definition) is 2. The van der Waals surface area contributed by atoms with Crippen molar-refractivity contribution in [2.45, 2.75) is 25.2 Å². The van der Waals surface area contributed by atoms with Gasteiger partial charge in [-0.3, -0.25) is 9.59 Å². The number of ether oxygens (including phenoxy) is 2. The van der Waals surface area contributed by atoms with E-state index in [1.54, 1.807) is 26.4 Å². The first-order chi connectivity index (χ1) is 18.6. The number of aliphatic imine (C=N–C) groups is 2. The molecular formula is C26H28N4O6S3. The molecule has 2 aliphatic heterocycles. The molecule has 2 aromatic rings. The second-order valence-electron chi connectivity index (χ2n) is 8.66. The van der Waals surface area contributed by atoms with E-state index in [2.05, 4.69) is 20.0 Å². The van der Waals surface area contributed by atoms with Gasteiger partial charge in [0.1, 0.15) is 5.92 Å². The van der Waals surface area contributed by atoms with Crippen molar-refractivity contribution in [3.8, 4) is 11.5 Å². The van der Waals surface area contributed by atoms with E-state index in [0.717, 1.165) is 27.8 Å². The van der Waals surface area contributed by atoms with E-state index >= 15 is 0 Å². The van der Waals surface area contributed by atoms with Crippen molar-refractivity contribution in [3.05, 3.63) is 58.5 Å². The van der Waals surface area contributed by atoms with Gasteiger partial charge in [0.2, 0.25) is 15.9 Å². The Kier molecular flexibility index (Phi) is 9.15. The second kappa shape index (κ2) is 12.4. The minimum atomic E-state index is -3.74. The van der Waals surface area contributed by atoms with E-state index in [4.69, 9.17) is 9.47 Å². The van der Waals surface area contributed by atoms with Gasteiger partial charge in [-0.05, 0) is 72.7 Å². The molecular weight excluding hydrogens is 561 g/mol. The summed E-state index contributed by atoms with van der Waals surface area (Å²) in [5, 5.41) is 3.68.